The highest BCUT2D eigenvalue weighted by Crippen LogP contribution is 2.33. The number of nitrogens with one attached hydrogen (secondary N) is 1. The minimum Gasteiger partial charge on any atom is -0.489 e. The molecule has 0 aliphatic carbocycles. The number of nitrogens with zero attached hydrogens (tertiary/aromatic N) is 2. The van der Waals surface area contributed by atoms with Crippen molar-refractivity contribution < 1.29 is 4.74 Å². The number of hydrogen-bond donors (Lipinski definition) is 1. The summed E-state index contributed by atoms with van der Waals surface area (Å²) < 4.78 is 5.71. The Morgan fingerprint density at radius 1 is 1.47 bits per heavy atom. The second kappa shape index (κ2) is 4.13. The molecule has 0 radical (unpaired) electrons. The normalized spacial score (nSPS) is 18.6. The van der Waals surface area contributed by atoms with Crippen LogP contribution >= 0.6 is 0 Å². The van der Waals surface area contributed by atoms with Gasteiger partial charge in [0.25, 0.3) is 0 Å². The van der Waals surface area contributed by atoms with E-state index in [-0.39, 0.29) is 0 Å². The lowest BCUT2D eigenvalue weighted by atomic mass is 10.1. The topological polar surface area (TPSA) is 41.1 Å². The minimum absolute atomic E-state index is 0.356. The van der Waals surface area contributed by atoms with Crippen molar-refractivity contribution in [3.63, 3.8) is 0 Å². The van der Waals surface area contributed by atoms with E-state index in [4.69, 9.17) is 4.74 Å². The zero-order chi connectivity index (χ0) is 11.7. The Hall–Kier alpha value is -1.97. The fraction of sp³-hybridized carbons (Fsp3) is 0.308. The van der Waals surface area contributed by atoms with Gasteiger partial charge < -0.3 is 14.6 Å². The summed E-state index contributed by atoms with van der Waals surface area (Å²) in [6, 6.07) is 8.49. The molecule has 1 aliphatic rings. The van der Waals surface area contributed by atoms with Gasteiger partial charge in [0.2, 0.25) is 0 Å². The lowest BCUT2D eigenvalue weighted by molar-refractivity contribution is 0.268. The highest BCUT2D eigenvalue weighted by molar-refractivity contribution is 5.60. The van der Waals surface area contributed by atoms with Gasteiger partial charge in [-0.1, -0.05) is 12.1 Å². The molecule has 17 heavy (non-hydrogen) atoms. The van der Waals surface area contributed by atoms with Gasteiger partial charge in [-0.05, 0) is 19.1 Å². The van der Waals surface area contributed by atoms with Crippen molar-refractivity contribution in [1.29, 1.82) is 0 Å². The van der Waals surface area contributed by atoms with Gasteiger partial charge in [0.1, 0.15) is 18.2 Å². The van der Waals surface area contributed by atoms with Crippen molar-refractivity contribution in [3.8, 4) is 5.75 Å². The summed E-state index contributed by atoms with van der Waals surface area (Å²) in [5.41, 5.74) is 1.14. The van der Waals surface area contributed by atoms with Gasteiger partial charge in [0, 0.05) is 12.4 Å². The first-order valence-electron chi connectivity index (χ1n) is 5.81. The largest absolute Gasteiger partial charge is 0.489 e. The molecule has 2 aromatic rings. The van der Waals surface area contributed by atoms with E-state index in [9.17, 15) is 0 Å². The predicted octanol–water partition coefficient (Wildman–Crippen LogP) is 2.20. The average Bonchev–Trinajstić information content (AvgIpc) is 2.86. The summed E-state index contributed by atoms with van der Waals surface area (Å²) >= 11 is 0. The van der Waals surface area contributed by atoms with Crippen molar-refractivity contribution in [2.45, 2.75) is 19.5 Å². The van der Waals surface area contributed by atoms with Crippen LogP contribution in [0.1, 0.15) is 12.7 Å². The summed E-state index contributed by atoms with van der Waals surface area (Å²) in [4.78, 5) is 9.74. The van der Waals surface area contributed by atoms with Crippen molar-refractivity contribution in [2.24, 2.45) is 0 Å². The van der Waals surface area contributed by atoms with Gasteiger partial charge in [-0.25, -0.2) is 4.98 Å². The van der Waals surface area contributed by atoms with E-state index in [1.165, 1.54) is 0 Å². The molecule has 0 amide bonds. The molecule has 88 valence electrons. The monoisotopic (exact) mass is 229 g/mol. The molecular formula is C13H15N3O. The predicted molar refractivity (Wildman–Crippen MR) is 66.2 cm³/mol. The van der Waals surface area contributed by atoms with Crippen LogP contribution in [-0.2, 0) is 6.54 Å². The molecule has 2 heterocycles. The molecule has 1 atom stereocenters. The van der Waals surface area contributed by atoms with Gasteiger partial charge in [0.05, 0.1) is 18.3 Å². The number of ether oxygens (including phenoxy) is 1. The molecule has 4 nitrogen and oxygen atoms in total. The Labute approximate surface area is 100 Å². The smallest absolute Gasteiger partial charge is 0.142 e. The van der Waals surface area contributed by atoms with Gasteiger partial charge in [-0.15, -0.1) is 0 Å². The number of anilines is 1. The Bertz CT molecular complexity index is 495. The third-order valence-corrected chi connectivity index (χ3v) is 3.06. The van der Waals surface area contributed by atoms with E-state index >= 15 is 0 Å². The van der Waals surface area contributed by atoms with E-state index in [1.54, 1.807) is 6.20 Å². The number of fused-ring (bicyclic) bond motifs is 1. The van der Waals surface area contributed by atoms with Crippen LogP contribution in [0.15, 0.2) is 36.7 Å². The highest BCUT2D eigenvalue weighted by atomic mass is 16.5. The number of H-pyrrole nitrogens is 1. The van der Waals surface area contributed by atoms with Crippen molar-refractivity contribution in [2.75, 3.05) is 11.5 Å². The van der Waals surface area contributed by atoms with Gasteiger partial charge >= 0.3 is 0 Å². The van der Waals surface area contributed by atoms with Gasteiger partial charge in [-0.3, -0.25) is 0 Å². The zero-order valence-corrected chi connectivity index (χ0v) is 9.76. The number of aromatic nitrogens is 2. The Morgan fingerprint density at radius 2 is 2.35 bits per heavy atom. The molecule has 3 rings (SSSR count). The lowest BCUT2D eigenvalue weighted by Gasteiger charge is -2.36. The minimum atomic E-state index is 0.356. The maximum absolute atomic E-state index is 5.71. The van der Waals surface area contributed by atoms with Crippen LogP contribution in [0, 0.1) is 0 Å². The third-order valence-electron chi connectivity index (χ3n) is 3.06. The van der Waals surface area contributed by atoms with Crippen molar-refractivity contribution in [1.82, 2.24) is 9.97 Å². The van der Waals surface area contributed by atoms with Crippen molar-refractivity contribution in [3.05, 3.63) is 42.5 Å². The molecule has 1 aromatic carbocycles. The summed E-state index contributed by atoms with van der Waals surface area (Å²) in [6.45, 7) is 3.67. The molecule has 0 spiro atoms. The fourth-order valence-corrected chi connectivity index (χ4v) is 2.14. The van der Waals surface area contributed by atoms with E-state index in [0.717, 1.165) is 30.4 Å². The van der Waals surface area contributed by atoms with Crippen LogP contribution in [0.5, 0.6) is 5.75 Å². The summed E-state index contributed by atoms with van der Waals surface area (Å²) in [5, 5.41) is 0. The fourth-order valence-electron chi connectivity index (χ4n) is 2.14. The summed E-state index contributed by atoms with van der Waals surface area (Å²) in [7, 11) is 0. The Kier molecular flexibility index (Phi) is 2.48. The summed E-state index contributed by atoms with van der Waals surface area (Å²) in [5.74, 6) is 1.94. The molecule has 0 saturated heterocycles. The first kappa shape index (κ1) is 10.2. The first-order valence-corrected chi connectivity index (χ1v) is 5.81. The van der Waals surface area contributed by atoms with Crippen LogP contribution in [0.3, 0.4) is 0 Å². The number of benzene rings is 1. The van der Waals surface area contributed by atoms with Gasteiger partial charge in [0.15, 0.2) is 0 Å². The second-order valence-corrected chi connectivity index (χ2v) is 4.29. The van der Waals surface area contributed by atoms with Crippen LogP contribution < -0.4 is 9.64 Å². The maximum atomic E-state index is 5.71. The third kappa shape index (κ3) is 1.86. The standard InChI is InChI=1S/C13H15N3O/c1-10-9-17-12-5-3-2-4-11(12)16(10)8-13-14-6-7-15-13/h2-7,10H,8-9H2,1H3,(H,14,15)/t10-/m1/s1. The summed E-state index contributed by atoms with van der Waals surface area (Å²) in [6.07, 6.45) is 3.64. The van der Waals surface area contributed by atoms with Gasteiger partial charge in [-0.2, -0.15) is 0 Å². The zero-order valence-electron chi connectivity index (χ0n) is 9.76. The number of aromatic amines is 1. The average molecular weight is 229 g/mol. The van der Waals surface area contributed by atoms with E-state index < -0.39 is 0 Å². The second-order valence-electron chi connectivity index (χ2n) is 4.29. The Balaban J connectivity index is 1.92. The molecule has 1 aliphatic heterocycles. The van der Waals surface area contributed by atoms with Crippen molar-refractivity contribution >= 4 is 5.69 Å². The molecule has 1 N–H and O–H groups in total. The SMILES string of the molecule is C[C@@H]1COc2ccccc2N1Cc1ncc[nH]1. The molecule has 0 saturated carbocycles. The van der Waals surface area contributed by atoms with E-state index in [0.29, 0.717) is 6.04 Å². The Morgan fingerprint density at radius 3 is 3.18 bits per heavy atom. The highest BCUT2D eigenvalue weighted by Gasteiger charge is 2.24. The maximum Gasteiger partial charge on any atom is 0.142 e. The molecule has 0 unspecified atom stereocenters. The lowest BCUT2D eigenvalue weighted by Crippen LogP contribution is -2.40. The van der Waals surface area contributed by atoms with Crippen LogP contribution in [0.4, 0.5) is 5.69 Å². The van der Waals surface area contributed by atoms with Crippen LogP contribution in [-0.4, -0.2) is 22.6 Å². The molecule has 4 heteroatoms. The van der Waals surface area contributed by atoms with Crippen LogP contribution in [0.25, 0.3) is 0 Å². The number of rotatable bonds is 2. The molecule has 0 fully saturated rings. The quantitative estimate of drug-likeness (QED) is 0.858. The molecule has 1 aromatic heterocycles. The number of imidazole rings is 1. The molecular weight excluding hydrogens is 214 g/mol. The van der Waals surface area contributed by atoms with E-state index in [2.05, 4.69) is 27.9 Å². The van der Waals surface area contributed by atoms with Crippen LogP contribution in [0.2, 0.25) is 0 Å². The first-order chi connectivity index (χ1) is 8.34. The van der Waals surface area contributed by atoms with E-state index in [1.807, 2.05) is 24.4 Å². The molecule has 0 bridgehead atoms. The number of para-hydroxylation sites is 2. The number of hydrogen-bond acceptors (Lipinski definition) is 3.